The van der Waals surface area contributed by atoms with Gasteiger partial charge < -0.3 is 0 Å². The van der Waals surface area contributed by atoms with E-state index in [9.17, 15) is 4.79 Å². The number of carbonyl (C=O) groups is 1. The number of fused-ring (bicyclic) bond motifs is 2. The van der Waals surface area contributed by atoms with Crippen molar-refractivity contribution in [1.29, 1.82) is 0 Å². The number of hydrogen-bond donors (Lipinski definition) is 0. The molecule has 2 aromatic carbocycles. The quantitative estimate of drug-likeness (QED) is 0.546. The minimum atomic E-state index is 0.117. The summed E-state index contributed by atoms with van der Waals surface area (Å²) in [6.07, 6.45) is 3.03. The van der Waals surface area contributed by atoms with Gasteiger partial charge in [-0.1, -0.05) is 60.2 Å². The van der Waals surface area contributed by atoms with Crippen molar-refractivity contribution < 1.29 is 4.79 Å². The van der Waals surface area contributed by atoms with E-state index in [1.54, 1.807) is 10.7 Å². The number of ketones is 1. The lowest BCUT2D eigenvalue weighted by Crippen LogP contribution is -2.21. The molecule has 0 saturated carbocycles. The Balaban J connectivity index is 1.56. The van der Waals surface area contributed by atoms with E-state index >= 15 is 0 Å². The van der Waals surface area contributed by atoms with Crippen LogP contribution in [0.1, 0.15) is 39.5 Å². The lowest BCUT2D eigenvalue weighted by molar-refractivity contribution is 0.0962. The largest absolute Gasteiger partial charge is 0.294 e. The second-order valence-corrected chi connectivity index (χ2v) is 7.09. The molecule has 5 heteroatoms. The molecule has 2 aromatic heterocycles. The Bertz CT molecular complexity index is 1150. The highest BCUT2D eigenvalue weighted by molar-refractivity contribution is 5.98. The van der Waals surface area contributed by atoms with E-state index in [2.05, 4.69) is 27.2 Å². The number of carbonyl (C=O) groups excluding carboxylic acids is 1. The van der Waals surface area contributed by atoms with Gasteiger partial charge in [-0.05, 0) is 24.8 Å². The van der Waals surface area contributed by atoms with Crippen molar-refractivity contribution in [2.24, 2.45) is 0 Å². The summed E-state index contributed by atoms with van der Waals surface area (Å²) in [6, 6.07) is 18.2. The average molecular weight is 354 g/mol. The predicted octanol–water partition coefficient (Wildman–Crippen LogP) is 4.01. The molecule has 27 heavy (non-hydrogen) atoms. The summed E-state index contributed by atoms with van der Waals surface area (Å²) in [5, 5.41) is 4.52. The van der Waals surface area contributed by atoms with E-state index in [4.69, 9.17) is 0 Å². The summed E-state index contributed by atoms with van der Waals surface area (Å²) in [7, 11) is 0. The molecular weight excluding hydrogens is 336 g/mol. The van der Waals surface area contributed by atoms with Gasteiger partial charge in [-0.25, -0.2) is 9.50 Å². The molecule has 0 fully saturated rings. The smallest absolute Gasteiger partial charge is 0.252 e. The molecule has 0 radical (unpaired) electrons. The summed E-state index contributed by atoms with van der Waals surface area (Å²) >= 11 is 0. The number of rotatable bonds is 2. The zero-order valence-electron chi connectivity index (χ0n) is 15.0. The maximum Gasteiger partial charge on any atom is 0.252 e. The highest BCUT2D eigenvalue weighted by Crippen LogP contribution is 2.32. The normalized spacial score (nSPS) is 16.5. The molecule has 5 rings (SSSR count). The highest BCUT2D eigenvalue weighted by Gasteiger charge is 2.28. The zero-order valence-corrected chi connectivity index (χ0v) is 15.0. The van der Waals surface area contributed by atoms with Crippen LogP contribution >= 0.6 is 0 Å². The first-order valence-electron chi connectivity index (χ1n) is 9.09. The van der Waals surface area contributed by atoms with Crippen LogP contribution in [0.2, 0.25) is 0 Å². The molecule has 0 N–H and O–H groups in total. The van der Waals surface area contributed by atoms with Gasteiger partial charge in [0.2, 0.25) is 0 Å². The number of hydrogen-bond acceptors (Lipinski definition) is 4. The fraction of sp³-hybridized carbons (Fsp3) is 0.182. The number of nitrogens with zero attached hydrogens (tertiary/aromatic N) is 4. The van der Waals surface area contributed by atoms with Crippen molar-refractivity contribution in [2.75, 3.05) is 0 Å². The SMILES string of the molecule is Cc1ccc(-c2nc3nc4c(cn3n2)C(=O)CC(c2ccccc2)C4)cc1. The third-order valence-corrected chi connectivity index (χ3v) is 5.16. The van der Waals surface area contributed by atoms with Gasteiger partial charge in [0, 0.05) is 18.2 Å². The summed E-state index contributed by atoms with van der Waals surface area (Å²) in [4.78, 5) is 22.0. The molecular formula is C22H18N4O. The van der Waals surface area contributed by atoms with Gasteiger partial charge in [0.05, 0.1) is 11.3 Å². The van der Waals surface area contributed by atoms with E-state index in [0.717, 1.165) is 17.7 Å². The van der Waals surface area contributed by atoms with E-state index in [-0.39, 0.29) is 11.7 Å². The van der Waals surface area contributed by atoms with Crippen LogP contribution in [-0.4, -0.2) is 25.4 Å². The highest BCUT2D eigenvalue weighted by atomic mass is 16.1. The summed E-state index contributed by atoms with van der Waals surface area (Å²) in [5.74, 6) is 1.44. The van der Waals surface area contributed by atoms with Crippen LogP contribution in [0.4, 0.5) is 0 Å². The Morgan fingerprint density at radius 2 is 1.74 bits per heavy atom. The van der Waals surface area contributed by atoms with Crippen LogP contribution in [0.15, 0.2) is 60.8 Å². The molecule has 0 spiro atoms. The van der Waals surface area contributed by atoms with Gasteiger partial charge in [-0.2, -0.15) is 4.98 Å². The fourth-order valence-corrected chi connectivity index (χ4v) is 3.67. The lowest BCUT2D eigenvalue weighted by atomic mass is 9.82. The molecule has 0 aliphatic heterocycles. The number of aryl methyl sites for hydroxylation is 1. The first-order chi connectivity index (χ1) is 13.2. The molecule has 2 heterocycles. The Labute approximate surface area is 156 Å². The number of aromatic nitrogens is 4. The maximum atomic E-state index is 12.7. The van der Waals surface area contributed by atoms with E-state index < -0.39 is 0 Å². The van der Waals surface area contributed by atoms with Crippen LogP contribution in [0, 0.1) is 6.92 Å². The van der Waals surface area contributed by atoms with Crippen molar-refractivity contribution in [1.82, 2.24) is 19.6 Å². The second kappa shape index (κ2) is 6.13. The molecule has 4 aromatic rings. The maximum absolute atomic E-state index is 12.7. The van der Waals surface area contributed by atoms with Crippen LogP contribution in [0.5, 0.6) is 0 Å². The van der Waals surface area contributed by atoms with E-state index in [0.29, 0.717) is 23.6 Å². The summed E-state index contributed by atoms with van der Waals surface area (Å²) in [5.41, 5.74) is 4.79. The van der Waals surface area contributed by atoms with Gasteiger partial charge in [-0.15, -0.1) is 5.10 Å². The first-order valence-corrected chi connectivity index (χ1v) is 9.09. The predicted molar refractivity (Wildman–Crippen MR) is 103 cm³/mol. The van der Waals surface area contributed by atoms with Gasteiger partial charge in [0.1, 0.15) is 0 Å². The van der Waals surface area contributed by atoms with Crippen LogP contribution in [0.3, 0.4) is 0 Å². The lowest BCUT2D eigenvalue weighted by Gasteiger charge is -2.22. The minimum Gasteiger partial charge on any atom is -0.294 e. The molecule has 0 amide bonds. The Morgan fingerprint density at radius 1 is 0.963 bits per heavy atom. The molecule has 0 saturated heterocycles. The van der Waals surface area contributed by atoms with E-state index in [1.165, 1.54) is 11.1 Å². The first kappa shape index (κ1) is 15.9. The molecule has 5 nitrogen and oxygen atoms in total. The topological polar surface area (TPSA) is 60.1 Å². The Kier molecular flexibility index (Phi) is 3.60. The Morgan fingerprint density at radius 3 is 2.52 bits per heavy atom. The van der Waals surface area contributed by atoms with E-state index in [1.807, 2.05) is 49.4 Å². The zero-order chi connectivity index (χ0) is 18.4. The van der Waals surface area contributed by atoms with Crippen molar-refractivity contribution in [3.63, 3.8) is 0 Å². The molecule has 1 atom stereocenters. The van der Waals surface area contributed by atoms with Crippen LogP contribution in [0.25, 0.3) is 17.2 Å². The van der Waals surface area contributed by atoms with Crippen molar-refractivity contribution in [3.05, 3.63) is 83.2 Å². The summed E-state index contributed by atoms with van der Waals surface area (Å²) in [6.45, 7) is 2.05. The molecule has 1 aliphatic rings. The number of Topliss-reactive ketones (excluding diaryl/α,β-unsaturated/α-hetero) is 1. The Hall–Kier alpha value is -3.34. The number of benzene rings is 2. The van der Waals surface area contributed by atoms with Gasteiger partial charge in [-0.3, -0.25) is 4.79 Å². The molecule has 1 unspecified atom stereocenters. The molecule has 132 valence electrons. The second-order valence-electron chi connectivity index (χ2n) is 7.09. The van der Waals surface area contributed by atoms with Crippen molar-refractivity contribution >= 4 is 11.6 Å². The van der Waals surface area contributed by atoms with Crippen molar-refractivity contribution in [2.45, 2.75) is 25.7 Å². The monoisotopic (exact) mass is 354 g/mol. The summed E-state index contributed by atoms with van der Waals surface area (Å²) < 4.78 is 1.62. The van der Waals surface area contributed by atoms with Crippen molar-refractivity contribution in [3.8, 4) is 11.4 Å². The third-order valence-electron chi connectivity index (χ3n) is 5.16. The van der Waals surface area contributed by atoms with Gasteiger partial charge in [0.15, 0.2) is 11.6 Å². The van der Waals surface area contributed by atoms with Gasteiger partial charge in [0.25, 0.3) is 5.78 Å². The standard InChI is InChI=1S/C22H18N4O/c1-14-7-9-16(10-8-14)21-24-22-23-19-11-17(15-5-3-2-4-6-15)12-20(27)18(19)13-26(22)25-21/h2-10,13,17H,11-12H2,1H3. The fourth-order valence-electron chi connectivity index (χ4n) is 3.67. The van der Waals surface area contributed by atoms with Gasteiger partial charge >= 0.3 is 0 Å². The minimum absolute atomic E-state index is 0.117. The van der Waals surface area contributed by atoms with Crippen LogP contribution in [-0.2, 0) is 6.42 Å². The molecule has 0 bridgehead atoms. The molecule has 1 aliphatic carbocycles. The third kappa shape index (κ3) is 2.81. The average Bonchev–Trinajstić information content (AvgIpc) is 3.10. The van der Waals surface area contributed by atoms with Crippen LogP contribution < -0.4 is 0 Å².